The molecular weight excluding hydrogens is 452 g/mol. The second-order valence-electron chi connectivity index (χ2n) is 8.16. The van der Waals surface area contributed by atoms with E-state index in [4.69, 9.17) is 4.42 Å². The first-order valence-electron chi connectivity index (χ1n) is 11.0. The summed E-state index contributed by atoms with van der Waals surface area (Å²) in [5.74, 6) is 0.567. The van der Waals surface area contributed by atoms with Crippen LogP contribution in [0.2, 0.25) is 0 Å². The average Bonchev–Trinajstić information content (AvgIpc) is 3.30. The van der Waals surface area contributed by atoms with Crippen LogP contribution >= 0.6 is 11.3 Å². The van der Waals surface area contributed by atoms with E-state index in [0.29, 0.717) is 32.8 Å². The normalized spacial score (nSPS) is 14.2. The molecule has 0 aliphatic carbocycles. The highest BCUT2D eigenvalue weighted by atomic mass is 32.1. The molecule has 0 amide bonds. The predicted molar refractivity (Wildman–Crippen MR) is 135 cm³/mol. The summed E-state index contributed by atoms with van der Waals surface area (Å²) in [6.45, 7) is 3.21. The number of aromatic amines is 1. The van der Waals surface area contributed by atoms with Crippen molar-refractivity contribution >= 4 is 38.4 Å². The number of piperazine rings is 1. The van der Waals surface area contributed by atoms with Gasteiger partial charge in [0, 0.05) is 43.2 Å². The van der Waals surface area contributed by atoms with E-state index in [9.17, 15) is 14.4 Å². The lowest BCUT2D eigenvalue weighted by Gasteiger charge is -2.27. The Morgan fingerprint density at radius 3 is 2.62 bits per heavy atom. The highest BCUT2D eigenvalue weighted by Crippen LogP contribution is 2.35. The topological polar surface area (TPSA) is 100 Å². The van der Waals surface area contributed by atoms with Crippen LogP contribution in [0.5, 0.6) is 0 Å². The number of nitrogens with one attached hydrogen (secondary N) is 2. The largest absolute Gasteiger partial charge is 0.439 e. The summed E-state index contributed by atoms with van der Waals surface area (Å²) in [7, 11) is 0. The van der Waals surface area contributed by atoms with Gasteiger partial charge in [-0.3, -0.25) is 19.1 Å². The molecule has 3 aromatic heterocycles. The Labute approximate surface area is 196 Å². The summed E-state index contributed by atoms with van der Waals surface area (Å²) < 4.78 is 8.30. The number of benzene rings is 2. The quantitative estimate of drug-likeness (QED) is 0.419. The van der Waals surface area contributed by atoms with Crippen LogP contribution in [-0.4, -0.2) is 35.7 Å². The lowest BCUT2D eigenvalue weighted by molar-refractivity contribution is 0.522. The van der Waals surface area contributed by atoms with Gasteiger partial charge in [0.25, 0.3) is 5.56 Å². The van der Waals surface area contributed by atoms with Crippen LogP contribution in [-0.2, 0) is 0 Å². The molecule has 0 radical (unpaired) electrons. The van der Waals surface area contributed by atoms with Gasteiger partial charge in [-0.2, -0.15) is 0 Å². The molecule has 170 valence electrons. The fourth-order valence-electron chi connectivity index (χ4n) is 4.43. The molecule has 2 aromatic carbocycles. The SMILES string of the molecule is O=c1[nH]c(=O)n(-c2cccc(-c3csc4c(=O)cc(N5CCNCC5)oc34)c2)c2ccccc12. The highest BCUT2D eigenvalue weighted by Gasteiger charge is 2.19. The summed E-state index contributed by atoms with van der Waals surface area (Å²) >= 11 is 1.35. The Hall–Kier alpha value is -3.95. The van der Waals surface area contributed by atoms with Crippen molar-refractivity contribution in [2.75, 3.05) is 31.1 Å². The molecule has 0 bridgehead atoms. The maximum absolute atomic E-state index is 12.8. The fourth-order valence-corrected chi connectivity index (χ4v) is 5.34. The van der Waals surface area contributed by atoms with Gasteiger partial charge in [0.1, 0.15) is 4.70 Å². The van der Waals surface area contributed by atoms with E-state index in [1.807, 2.05) is 29.6 Å². The van der Waals surface area contributed by atoms with E-state index < -0.39 is 11.2 Å². The number of H-pyrrole nitrogens is 1. The number of nitrogens with zero attached hydrogens (tertiary/aromatic N) is 2. The molecule has 5 aromatic rings. The third-order valence-corrected chi connectivity index (χ3v) is 7.06. The van der Waals surface area contributed by atoms with Crippen LogP contribution in [0.25, 0.3) is 38.0 Å². The van der Waals surface area contributed by atoms with Gasteiger partial charge < -0.3 is 14.6 Å². The van der Waals surface area contributed by atoms with Gasteiger partial charge in [0.15, 0.2) is 11.5 Å². The Morgan fingerprint density at radius 2 is 1.76 bits per heavy atom. The van der Waals surface area contributed by atoms with Gasteiger partial charge in [0.05, 0.1) is 16.6 Å². The molecule has 6 rings (SSSR count). The summed E-state index contributed by atoms with van der Waals surface area (Å²) in [6, 6.07) is 16.0. The van der Waals surface area contributed by atoms with Crippen molar-refractivity contribution in [1.29, 1.82) is 0 Å². The number of aromatic nitrogens is 2. The van der Waals surface area contributed by atoms with Gasteiger partial charge in [-0.05, 0) is 29.8 Å². The van der Waals surface area contributed by atoms with E-state index in [2.05, 4.69) is 15.2 Å². The van der Waals surface area contributed by atoms with Crippen LogP contribution in [0.3, 0.4) is 0 Å². The van der Waals surface area contributed by atoms with Crippen molar-refractivity contribution in [2.24, 2.45) is 0 Å². The molecular formula is C25H20N4O4S. The summed E-state index contributed by atoms with van der Waals surface area (Å²) in [5.41, 5.74) is 2.28. The Balaban J connectivity index is 1.52. The van der Waals surface area contributed by atoms with Gasteiger partial charge in [-0.15, -0.1) is 11.3 Å². The zero-order valence-electron chi connectivity index (χ0n) is 18.0. The lowest BCUT2D eigenvalue weighted by atomic mass is 10.1. The second kappa shape index (κ2) is 8.12. The Kier molecular flexibility index (Phi) is 4.93. The minimum atomic E-state index is -0.511. The molecule has 1 fully saturated rings. The van der Waals surface area contributed by atoms with Crippen LogP contribution in [0, 0.1) is 0 Å². The minimum Gasteiger partial charge on any atom is -0.439 e. The molecule has 0 spiro atoms. The summed E-state index contributed by atoms with van der Waals surface area (Å²) in [6.07, 6.45) is 0. The molecule has 34 heavy (non-hydrogen) atoms. The second-order valence-corrected chi connectivity index (χ2v) is 9.04. The standard InChI is InChI=1S/C25H20N4O4S/c30-20-13-21(28-10-8-26-9-11-28)33-22-18(14-34-23(20)22)15-4-3-5-16(12-15)29-19-7-2-1-6-17(19)24(31)27-25(29)32/h1-7,12-14,26H,8-11H2,(H,27,31,32). The van der Waals surface area contributed by atoms with Crippen molar-refractivity contribution in [1.82, 2.24) is 14.9 Å². The predicted octanol–water partition coefficient (Wildman–Crippen LogP) is 2.92. The van der Waals surface area contributed by atoms with Gasteiger partial charge >= 0.3 is 5.69 Å². The zero-order valence-corrected chi connectivity index (χ0v) is 18.9. The minimum absolute atomic E-state index is 0.0648. The van der Waals surface area contributed by atoms with E-state index in [1.165, 1.54) is 15.9 Å². The van der Waals surface area contributed by atoms with Crippen molar-refractivity contribution < 1.29 is 4.42 Å². The summed E-state index contributed by atoms with van der Waals surface area (Å²) in [4.78, 5) is 42.3. The van der Waals surface area contributed by atoms with Crippen LogP contribution in [0.4, 0.5) is 5.88 Å². The van der Waals surface area contributed by atoms with Crippen LogP contribution in [0.1, 0.15) is 0 Å². The maximum Gasteiger partial charge on any atom is 0.333 e. The third-order valence-electron chi connectivity index (χ3n) is 6.09. The molecule has 8 nitrogen and oxygen atoms in total. The van der Waals surface area contributed by atoms with E-state index >= 15 is 0 Å². The monoisotopic (exact) mass is 472 g/mol. The molecule has 0 unspecified atom stereocenters. The smallest absolute Gasteiger partial charge is 0.333 e. The van der Waals surface area contributed by atoms with E-state index in [-0.39, 0.29) is 5.43 Å². The molecule has 1 saturated heterocycles. The van der Waals surface area contributed by atoms with Gasteiger partial charge in [0.2, 0.25) is 5.43 Å². The van der Waals surface area contributed by atoms with Crippen LogP contribution < -0.4 is 26.9 Å². The third kappa shape index (κ3) is 3.37. The first-order valence-corrected chi connectivity index (χ1v) is 11.8. The number of para-hydroxylation sites is 1. The number of thiophene rings is 1. The fraction of sp³-hybridized carbons (Fsp3) is 0.160. The summed E-state index contributed by atoms with van der Waals surface area (Å²) in [5, 5.41) is 5.64. The molecule has 1 aliphatic heterocycles. The van der Waals surface area contributed by atoms with Gasteiger partial charge in [-0.25, -0.2) is 4.79 Å². The molecule has 1 aliphatic rings. The zero-order chi connectivity index (χ0) is 23.2. The molecule has 4 heterocycles. The Bertz CT molecular complexity index is 1720. The maximum atomic E-state index is 12.8. The first-order chi connectivity index (χ1) is 16.6. The lowest BCUT2D eigenvalue weighted by Crippen LogP contribution is -2.43. The van der Waals surface area contributed by atoms with Crippen molar-refractivity contribution in [3.8, 4) is 16.8 Å². The number of hydrogen-bond acceptors (Lipinski definition) is 7. The number of hydrogen-bond donors (Lipinski definition) is 2. The van der Waals surface area contributed by atoms with Crippen LogP contribution in [0.15, 0.2) is 78.8 Å². The van der Waals surface area contributed by atoms with Crippen molar-refractivity contribution in [3.63, 3.8) is 0 Å². The highest BCUT2D eigenvalue weighted by molar-refractivity contribution is 7.17. The molecule has 2 N–H and O–H groups in total. The number of anilines is 1. The van der Waals surface area contributed by atoms with Crippen molar-refractivity contribution in [3.05, 3.63) is 91.0 Å². The number of rotatable bonds is 3. The van der Waals surface area contributed by atoms with E-state index in [0.717, 1.165) is 37.3 Å². The van der Waals surface area contributed by atoms with Gasteiger partial charge in [-0.1, -0.05) is 24.3 Å². The number of fused-ring (bicyclic) bond motifs is 2. The first kappa shape index (κ1) is 20.6. The molecule has 0 saturated carbocycles. The Morgan fingerprint density at radius 1 is 0.941 bits per heavy atom. The average molecular weight is 473 g/mol. The van der Waals surface area contributed by atoms with Crippen molar-refractivity contribution in [2.45, 2.75) is 0 Å². The van der Waals surface area contributed by atoms with E-state index in [1.54, 1.807) is 30.3 Å². The molecule has 0 atom stereocenters. The molecule has 9 heteroatoms.